The highest BCUT2D eigenvalue weighted by molar-refractivity contribution is 8.00. The Hall–Kier alpha value is -3.18. The Morgan fingerprint density at radius 1 is 0.394 bits per heavy atom. The number of ether oxygens (including phenoxy) is 2. The first kappa shape index (κ1) is 169. The molecule has 24 heteroatoms. The fraction of sp³-hybridized carbons (Fsp3) is 0.924. The van der Waals surface area contributed by atoms with E-state index in [1.54, 1.807) is 7.11 Å². The van der Waals surface area contributed by atoms with E-state index in [1.807, 2.05) is 271 Å². The maximum absolute atomic E-state index is 12.1. The average Bonchev–Trinajstić information content (AvgIpc) is 1.58. The number of hydrazine groups is 1. The molecule has 862 valence electrons. The maximum Gasteiger partial charge on any atom is 0.154 e. The molecular formula is C118H257N11O12S. The number of carbonyl (C=O) groups is 9. The molecule has 142 heavy (non-hydrogen) atoms. The Kier molecular flexibility index (Phi) is 116. The van der Waals surface area contributed by atoms with Crippen molar-refractivity contribution in [1.29, 1.82) is 0 Å². The minimum atomic E-state index is -0.296. The number of rotatable bonds is 23. The summed E-state index contributed by atoms with van der Waals surface area (Å²) in [6.07, 6.45) is 25.0. The summed E-state index contributed by atoms with van der Waals surface area (Å²) < 4.78 is 10.2. The van der Waals surface area contributed by atoms with E-state index in [9.17, 15) is 43.2 Å². The van der Waals surface area contributed by atoms with Gasteiger partial charge in [0, 0.05) is 125 Å². The fourth-order valence-electron chi connectivity index (χ4n) is 17.0. The van der Waals surface area contributed by atoms with Crippen LogP contribution in [0.4, 0.5) is 0 Å². The molecular weight excluding hydrogens is 1800 g/mol. The lowest BCUT2D eigenvalue weighted by Crippen LogP contribution is -2.45. The highest BCUT2D eigenvalue weighted by atomic mass is 32.2. The van der Waals surface area contributed by atoms with Crippen LogP contribution in [-0.2, 0) is 57.5 Å². The largest absolute Gasteiger partial charge is 0.385 e. The van der Waals surface area contributed by atoms with Crippen molar-refractivity contribution in [3.05, 3.63) is 0 Å². The van der Waals surface area contributed by atoms with E-state index in [1.165, 1.54) is 109 Å². The van der Waals surface area contributed by atoms with Gasteiger partial charge in [-0.1, -0.05) is 306 Å². The van der Waals surface area contributed by atoms with Gasteiger partial charge in [0.2, 0.25) is 0 Å². The van der Waals surface area contributed by atoms with Crippen molar-refractivity contribution in [2.45, 2.75) is 477 Å². The van der Waals surface area contributed by atoms with Crippen LogP contribution in [0.15, 0.2) is 0 Å². The van der Waals surface area contributed by atoms with Crippen LogP contribution in [0.3, 0.4) is 0 Å². The van der Waals surface area contributed by atoms with Gasteiger partial charge in [-0.15, -0.1) is 11.8 Å². The molecule has 9 saturated heterocycles. The van der Waals surface area contributed by atoms with E-state index in [2.05, 4.69) is 99.0 Å². The van der Waals surface area contributed by atoms with Crippen LogP contribution in [0.25, 0.3) is 0 Å². The monoisotopic (exact) mass is 2050 g/mol. The van der Waals surface area contributed by atoms with Crippen molar-refractivity contribution in [3.63, 3.8) is 0 Å². The van der Waals surface area contributed by atoms with E-state index < -0.39 is 0 Å². The number of Topliss-reactive ketones (excluding diaryl/α,β-unsaturated/α-hetero) is 9. The second-order valence-electron chi connectivity index (χ2n) is 40.7. The van der Waals surface area contributed by atoms with Crippen LogP contribution in [0, 0.1) is 76.9 Å². The predicted molar refractivity (Wildman–Crippen MR) is 628 cm³/mol. The molecule has 10 unspecified atom stereocenters. The summed E-state index contributed by atoms with van der Waals surface area (Å²) in [5.74, 6) is 13.3. The van der Waals surface area contributed by atoms with Gasteiger partial charge in [0.05, 0.1) is 61.4 Å². The molecule has 10 atom stereocenters. The van der Waals surface area contributed by atoms with Crippen LogP contribution >= 0.6 is 11.8 Å². The third kappa shape index (κ3) is 70.0. The van der Waals surface area contributed by atoms with Crippen molar-refractivity contribution in [2.75, 3.05) is 168 Å². The van der Waals surface area contributed by atoms with Crippen molar-refractivity contribution >= 4 is 63.8 Å². The van der Waals surface area contributed by atoms with Crippen molar-refractivity contribution < 1.29 is 57.5 Å². The molecule has 11 aliphatic rings. The zero-order valence-electron chi connectivity index (χ0n) is 96.3. The molecule has 2 aliphatic carbocycles. The standard InChI is InChI=1S/C13H23NO.C11H21NO.C10H19NO2.C10H19NOS.C10H17NO.C10H19NO.C9H18N2O.C9H17NO.C6H13N.C6H12O.C4H10O.C2H7NO.5C2H6.8CH4/c1-9(2)13(15)12-8-10-6-4-5-7-11(10)14(12)3;1-10(2)11(13)9-12-7-5-3-4-6-8-12;2*1-7(2)9(12)8-6-13-10(3,4)11(8)5;1-6(2)10(12)9-8-4-7(8)5-11(9)3;1-9(2)10(12)8-11-6-4-3-5-7-11;1-7(2)9(12)8-5-6-10(3)11(8)4;1-7(2)9(11)8-4-5-10(3)6-8;1-7-5-3-2-4-6-7;1-4-6(7)5(2)3;1-3-4-5-2;1-2-4-3;5*1-2;;;;;;;;/h9-12H,4-8H2,1-3H3;10H,3-9H2,1-2H3;2*7-8H,6H2,1-5H3;6-9H,4-5H2,1-3H3;9H,3-8H2,1-2H3;7-8H,5-6H2,1-4H3;7-8H,4-6H2,1-3H3;2-6H2,1H3;5H,4H2,1-3H3;3-4H2,1-2H3;2-3H2,1H3;5*1-2H3;8*1H4. The minimum absolute atomic E-state index is 0. The number of methoxy groups -OCH3 is 1. The third-order valence-corrected chi connectivity index (χ3v) is 28.0. The molecule has 0 aromatic carbocycles. The number of nitrogens with zero attached hydrogens (tertiary/aromatic N) is 10. The molecule has 9 heterocycles. The van der Waals surface area contributed by atoms with Gasteiger partial charge in [0.1, 0.15) is 28.9 Å². The SMILES string of the molecule is C.C.C.C.C.C.C.C.CC.CC.CC.CC.CC.CC(C)C(=O)C1C2CC2CN1C.CC(C)C(=O)C1CC2CCCCC2N1C.CC(C)C(=O)C1CCN(C)C1.CC(C)C(=O)C1CCN(C)N1C.CC(C)C(=O)C1COC(C)(C)N1C.CC(C)C(=O)C1CSC(C)(C)N1C.CC(C)C(=O)CN1CCCCC1.CC(C)C(=O)CN1CCCCCC1.CCC(=O)C(C)C.CCCOC.CCON.CN1CCCCC1. The highest BCUT2D eigenvalue weighted by Crippen LogP contribution is 2.50. The summed E-state index contributed by atoms with van der Waals surface area (Å²) in [6, 6.07) is 1.37. The Bertz CT molecular complexity index is 2920. The summed E-state index contributed by atoms with van der Waals surface area (Å²) in [4.78, 5) is 126. The lowest BCUT2D eigenvalue weighted by Gasteiger charge is -2.30. The van der Waals surface area contributed by atoms with E-state index in [0.29, 0.717) is 96.9 Å². The highest BCUT2D eigenvalue weighted by Gasteiger charge is 2.54. The number of likely N-dealkylation sites (tertiary alicyclic amines) is 6. The Balaban J connectivity index is -0.000000105. The topological polar surface area (TPSA) is 240 Å². The van der Waals surface area contributed by atoms with Crippen LogP contribution in [-0.4, -0.2) is 316 Å². The van der Waals surface area contributed by atoms with Crippen molar-refractivity contribution in [3.8, 4) is 0 Å². The number of piperidine rings is 3. The van der Waals surface area contributed by atoms with Gasteiger partial charge < -0.3 is 24.1 Å². The summed E-state index contributed by atoms with van der Waals surface area (Å²) in [7, 11) is 18.2. The number of ketones is 9. The normalized spacial score (nSPS) is 22.8. The van der Waals surface area contributed by atoms with Crippen molar-refractivity contribution in [2.24, 2.45) is 82.8 Å². The van der Waals surface area contributed by atoms with Crippen LogP contribution in [0.1, 0.15) is 430 Å². The van der Waals surface area contributed by atoms with E-state index in [4.69, 9.17) is 9.47 Å². The van der Waals surface area contributed by atoms with Gasteiger partial charge in [-0.05, 0) is 224 Å². The average molecular weight is 2050 g/mol. The molecule has 9 aliphatic heterocycles. The Labute approximate surface area is 892 Å². The Morgan fingerprint density at radius 2 is 0.768 bits per heavy atom. The molecule has 0 amide bonds. The molecule has 11 rings (SSSR count). The lowest BCUT2D eigenvalue weighted by molar-refractivity contribution is -0.129. The second-order valence-corrected chi connectivity index (χ2v) is 42.4. The molecule has 23 nitrogen and oxygen atoms in total. The third-order valence-electron chi connectivity index (χ3n) is 26.5. The predicted octanol–water partition coefficient (Wildman–Crippen LogP) is 26.5. The first-order valence-electron chi connectivity index (χ1n) is 53.9. The number of likely N-dealkylation sites (N-methyl/N-ethyl adjacent to an activating group) is 5. The van der Waals surface area contributed by atoms with Gasteiger partial charge in [-0.2, -0.15) is 0 Å². The number of hydrogen-bond donors (Lipinski definition) is 1. The first-order chi connectivity index (χ1) is 62.9. The molecule has 2 saturated carbocycles. The van der Waals surface area contributed by atoms with Crippen molar-refractivity contribution in [1.82, 2.24) is 49.2 Å². The maximum atomic E-state index is 12.1. The molecule has 0 aromatic rings. The number of thioether (sulfide) groups is 1. The molecule has 0 bridgehead atoms. The van der Waals surface area contributed by atoms with Gasteiger partial charge in [-0.25, -0.2) is 15.9 Å². The number of carbonyl (C=O) groups excluding carboxylic acids is 9. The van der Waals surface area contributed by atoms with E-state index in [-0.39, 0.29) is 159 Å². The van der Waals surface area contributed by atoms with Gasteiger partial charge in [0.25, 0.3) is 0 Å². The minimum Gasteiger partial charge on any atom is -0.385 e. The lowest BCUT2D eigenvalue weighted by atomic mass is 9.84. The Morgan fingerprint density at radius 3 is 1.04 bits per heavy atom. The van der Waals surface area contributed by atoms with Crippen LogP contribution < -0.4 is 5.90 Å². The van der Waals surface area contributed by atoms with E-state index >= 15 is 0 Å². The molecule has 0 aromatic heterocycles. The smallest absolute Gasteiger partial charge is 0.154 e. The quantitative estimate of drug-likeness (QED) is 0.0935. The number of nitrogens with two attached hydrogens (primary N) is 1. The van der Waals surface area contributed by atoms with Gasteiger partial charge in [0.15, 0.2) is 28.9 Å². The zero-order chi connectivity index (χ0) is 105. The summed E-state index contributed by atoms with van der Waals surface area (Å²) in [5, 5.41) is 4.15. The van der Waals surface area contributed by atoms with Crippen LogP contribution in [0.5, 0.6) is 0 Å². The first-order valence-corrected chi connectivity index (χ1v) is 54.9. The molecule has 11 fully saturated rings. The number of hydrogen-bond acceptors (Lipinski definition) is 24. The molecule has 2 N–H and O–H groups in total. The summed E-state index contributed by atoms with van der Waals surface area (Å²) in [6.45, 7) is 84.4. The number of fused-ring (bicyclic) bond motifs is 2. The summed E-state index contributed by atoms with van der Waals surface area (Å²) >= 11 is 1.87. The van der Waals surface area contributed by atoms with Gasteiger partial charge >= 0.3 is 0 Å². The fourth-order valence-corrected chi connectivity index (χ4v) is 18.3. The summed E-state index contributed by atoms with van der Waals surface area (Å²) in [5.41, 5.74) is -0.296. The molecule has 0 radical (unpaired) electrons. The van der Waals surface area contributed by atoms with Gasteiger partial charge in [-0.3, -0.25) is 72.6 Å². The van der Waals surface area contributed by atoms with Crippen LogP contribution in [0.2, 0.25) is 0 Å². The second kappa shape index (κ2) is 97.3. The zero-order valence-corrected chi connectivity index (χ0v) is 97.1. The molecule has 0 spiro atoms. The van der Waals surface area contributed by atoms with E-state index in [0.717, 1.165) is 102 Å².